The first-order valence-corrected chi connectivity index (χ1v) is 4.56. The highest BCUT2D eigenvalue weighted by Crippen LogP contribution is 2.21. The molecule has 0 N–H and O–H groups in total. The van der Waals surface area contributed by atoms with E-state index in [-0.39, 0.29) is 12.4 Å². The van der Waals surface area contributed by atoms with Crippen molar-refractivity contribution in [3.8, 4) is 5.75 Å². The second-order valence-corrected chi connectivity index (χ2v) is 3.09. The lowest BCUT2D eigenvalue weighted by Crippen LogP contribution is -2.00. The number of hydrogen-bond acceptors (Lipinski definition) is 3. The van der Waals surface area contributed by atoms with Gasteiger partial charge in [0.05, 0.1) is 20.6 Å². The van der Waals surface area contributed by atoms with Crippen molar-refractivity contribution in [3.05, 3.63) is 36.4 Å². The van der Waals surface area contributed by atoms with Crippen molar-refractivity contribution in [1.29, 1.82) is 0 Å². The van der Waals surface area contributed by atoms with Crippen LogP contribution in [0.3, 0.4) is 0 Å². The summed E-state index contributed by atoms with van der Waals surface area (Å²) in [6.07, 6.45) is 0.198. The number of hydrogen-bond donors (Lipinski definition) is 0. The van der Waals surface area contributed by atoms with Crippen LogP contribution in [0.5, 0.6) is 5.75 Å². The number of carbonyl (C=O) groups is 1. The molecule has 3 nitrogen and oxygen atoms in total. The van der Waals surface area contributed by atoms with Gasteiger partial charge in [-0.25, -0.2) is 0 Å². The molecule has 0 aliphatic rings. The van der Waals surface area contributed by atoms with Crippen LogP contribution in [-0.4, -0.2) is 20.2 Å². The molecule has 0 bridgehead atoms. The van der Waals surface area contributed by atoms with E-state index in [2.05, 4.69) is 11.3 Å². The van der Waals surface area contributed by atoms with Crippen LogP contribution in [0.1, 0.15) is 12.0 Å². The number of esters is 1. The molecule has 0 unspecified atom stereocenters. The fraction of sp³-hybridized carbons (Fsp3) is 0.250. The van der Waals surface area contributed by atoms with Gasteiger partial charge in [-0.1, -0.05) is 18.7 Å². The minimum Gasteiger partial charge on any atom is -0.497 e. The van der Waals surface area contributed by atoms with E-state index in [0.717, 1.165) is 16.9 Å². The Kier molecular flexibility index (Phi) is 3.92. The smallest absolute Gasteiger partial charge is 0.309 e. The maximum Gasteiger partial charge on any atom is 0.309 e. The monoisotopic (exact) mass is 206 g/mol. The number of methoxy groups -OCH3 is 2. The van der Waals surface area contributed by atoms with Gasteiger partial charge in [-0.05, 0) is 23.3 Å². The molecule has 0 spiro atoms. The number of benzene rings is 1. The molecular weight excluding hydrogens is 192 g/mol. The zero-order chi connectivity index (χ0) is 11.3. The topological polar surface area (TPSA) is 35.5 Å². The van der Waals surface area contributed by atoms with E-state index in [1.165, 1.54) is 7.11 Å². The molecule has 80 valence electrons. The molecule has 0 saturated carbocycles. The van der Waals surface area contributed by atoms with E-state index in [1.807, 2.05) is 24.3 Å². The summed E-state index contributed by atoms with van der Waals surface area (Å²) in [5.41, 5.74) is 1.61. The molecule has 15 heavy (non-hydrogen) atoms. The fourth-order valence-electron chi connectivity index (χ4n) is 1.19. The molecule has 0 amide bonds. The van der Waals surface area contributed by atoms with E-state index in [4.69, 9.17) is 4.74 Å². The fourth-order valence-corrected chi connectivity index (χ4v) is 1.19. The molecular formula is C12H14O3. The standard InChI is InChI=1S/C12H14O3/c1-9(7-12(13)15-3)10-5-4-6-11(8-10)14-2/h4-6,8H,1,7H2,2-3H3. The summed E-state index contributed by atoms with van der Waals surface area (Å²) in [5, 5.41) is 0. The lowest BCUT2D eigenvalue weighted by atomic mass is 10.0. The van der Waals surface area contributed by atoms with Crippen LogP contribution in [0.15, 0.2) is 30.8 Å². The average Bonchev–Trinajstić information content (AvgIpc) is 2.28. The number of carbonyl (C=O) groups excluding carboxylic acids is 1. The van der Waals surface area contributed by atoms with Gasteiger partial charge in [-0.3, -0.25) is 4.79 Å². The van der Waals surface area contributed by atoms with Crippen LogP contribution in [-0.2, 0) is 9.53 Å². The molecule has 0 aliphatic heterocycles. The first-order chi connectivity index (χ1) is 7.17. The summed E-state index contributed by atoms with van der Waals surface area (Å²) < 4.78 is 9.65. The predicted molar refractivity (Wildman–Crippen MR) is 58.7 cm³/mol. The van der Waals surface area contributed by atoms with Crippen molar-refractivity contribution in [3.63, 3.8) is 0 Å². The van der Waals surface area contributed by atoms with E-state index in [9.17, 15) is 4.79 Å². The Labute approximate surface area is 89.3 Å². The third-order valence-electron chi connectivity index (χ3n) is 2.06. The lowest BCUT2D eigenvalue weighted by Gasteiger charge is -2.06. The maximum atomic E-state index is 11.0. The molecule has 0 heterocycles. The van der Waals surface area contributed by atoms with Crippen LogP contribution in [0.25, 0.3) is 5.57 Å². The third-order valence-corrected chi connectivity index (χ3v) is 2.06. The van der Waals surface area contributed by atoms with Gasteiger partial charge in [0.2, 0.25) is 0 Å². The molecule has 1 aromatic carbocycles. The van der Waals surface area contributed by atoms with Crippen molar-refractivity contribution in [1.82, 2.24) is 0 Å². The largest absolute Gasteiger partial charge is 0.497 e. The highest BCUT2D eigenvalue weighted by Gasteiger charge is 2.06. The first-order valence-electron chi connectivity index (χ1n) is 4.56. The molecule has 1 aromatic rings. The molecule has 0 aromatic heterocycles. The molecule has 0 radical (unpaired) electrons. The molecule has 0 atom stereocenters. The molecule has 0 saturated heterocycles. The normalized spacial score (nSPS) is 9.47. The van der Waals surface area contributed by atoms with Gasteiger partial charge in [0, 0.05) is 0 Å². The van der Waals surface area contributed by atoms with Gasteiger partial charge in [0.25, 0.3) is 0 Å². The summed E-state index contributed by atoms with van der Waals surface area (Å²) >= 11 is 0. The minimum absolute atomic E-state index is 0.198. The summed E-state index contributed by atoms with van der Waals surface area (Å²) in [6.45, 7) is 3.83. The van der Waals surface area contributed by atoms with Gasteiger partial charge in [-0.15, -0.1) is 0 Å². The quantitative estimate of drug-likeness (QED) is 0.709. The highest BCUT2D eigenvalue weighted by molar-refractivity contribution is 5.84. The van der Waals surface area contributed by atoms with Crippen molar-refractivity contribution in [2.75, 3.05) is 14.2 Å². The summed E-state index contributed by atoms with van der Waals surface area (Å²) in [5.74, 6) is 0.460. The van der Waals surface area contributed by atoms with Crippen LogP contribution < -0.4 is 4.74 Å². The van der Waals surface area contributed by atoms with Gasteiger partial charge in [0.1, 0.15) is 5.75 Å². The van der Waals surface area contributed by atoms with E-state index in [0.29, 0.717) is 0 Å². The molecule has 0 aliphatic carbocycles. The maximum absolute atomic E-state index is 11.0. The Balaban J connectivity index is 2.77. The zero-order valence-corrected chi connectivity index (χ0v) is 8.95. The first kappa shape index (κ1) is 11.3. The molecule has 3 heteroatoms. The van der Waals surface area contributed by atoms with E-state index in [1.54, 1.807) is 7.11 Å². The van der Waals surface area contributed by atoms with Crippen molar-refractivity contribution >= 4 is 11.5 Å². The summed E-state index contributed by atoms with van der Waals surface area (Å²) in [7, 11) is 2.96. The minimum atomic E-state index is -0.289. The highest BCUT2D eigenvalue weighted by atomic mass is 16.5. The third kappa shape index (κ3) is 3.13. The van der Waals surface area contributed by atoms with Crippen molar-refractivity contribution < 1.29 is 14.3 Å². The number of ether oxygens (including phenoxy) is 2. The average molecular weight is 206 g/mol. The van der Waals surface area contributed by atoms with Crippen LogP contribution >= 0.6 is 0 Å². The van der Waals surface area contributed by atoms with Crippen LogP contribution in [0, 0.1) is 0 Å². The van der Waals surface area contributed by atoms with Crippen LogP contribution in [0.4, 0.5) is 0 Å². The predicted octanol–water partition coefficient (Wildman–Crippen LogP) is 2.27. The summed E-state index contributed by atoms with van der Waals surface area (Å²) in [6, 6.07) is 7.42. The van der Waals surface area contributed by atoms with Gasteiger partial charge < -0.3 is 9.47 Å². The molecule has 0 fully saturated rings. The summed E-state index contributed by atoms with van der Waals surface area (Å²) in [4.78, 5) is 11.0. The van der Waals surface area contributed by atoms with E-state index < -0.39 is 0 Å². The SMILES string of the molecule is C=C(CC(=O)OC)c1cccc(OC)c1. The second-order valence-electron chi connectivity index (χ2n) is 3.09. The Bertz CT molecular complexity index is 369. The Morgan fingerprint density at radius 2 is 2.13 bits per heavy atom. The van der Waals surface area contributed by atoms with Crippen molar-refractivity contribution in [2.24, 2.45) is 0 Å². The van der Waals surface area contributed by atoms with Gasteiger partial charge >= 0.3 is 5.97 Å². The Morgan fingerprint density at radius 3 is 2.73 bits per heavy atom. The van der Waals surface area contributed by atoms with Crippen molar-refractivity contribution in [2.45, 2.75) is 6.42 Å². The van der Waals surface area contributed by atoms with E-state index >= 15 is 0 Å². The lowest BCUT2D eigenvalue weighted by molar-refractivity contribution is -0.139. The van der Waals surface area contributed by atoms with Gasteiger partial charge in [-0.2, -0.15) is 0 Å². The zero-order valence-electron chi connectivity index (χ0n) is 8.95. The second kappa shape index (κ2) is 5.20. The van der Waals surface area contributed by atoms with Gasteiger partial charge in [0.15, 0.2) is 0 Å². The Morgan fingerprint density at radius 1 is 1.40 bits per heavy atom. The number of rotatable bonds is 4. The van der Waals surface area contributed by atoms with Crippen LogP contribution in [0.2, 0.25) is 0 Å². The molecule has 1 rings (SSSR count). The Hall–Kier alpha value is -1.77.